The van der Waals surface area contributed by atoms with Crippen LogP contribution in [0.2, 0.25) is 5.02 Å². The highest BCUT2D eigenvalue weighted by Crippen LogP contribution is 2.34. The lowest BCUT2D eigenvalue weighted by atomic mass is 9.87. The molecule has 0 radical (unpaired) electrons. The Labute approximate surface area is 155 Å². The lowest BCUT2D eigenvalue weighted by Crippen LogP contribution is -2.14. The minimum atomic E-state index is -3.02. The second-order valence-corrected chi connectivity index (χ2v) is 10.6. The van der Waals surface area contributed by atoms with Crippen molar-refractivity contribution in [1.29, 1.82) is 0 Å². The van der Waals surface area contributed by atoms with E-state index in [1.165, 1.54) is 6.26 Å². The number of fused-ring (bicyclic) bond motifs is 1. The van der Waals surface area contributed by atoms with Crippen LogP contribution in [-0.4, -0.2) is 30.8 Å². The Morgan fingerprint density at radius 3 is 2.44 bits per heavy atom. The molecule has 2 aromatic rings. The third-order valence-corrected chi connectivity index (χ3v) is 5.49. The van der Waals surface area contributed by atoms with E-state index in [1.54, 1.807) is 6.07 Å². The maximum absolute atomic E-state index is 12.9. The Morgan fingerprint density at radius 2 is 1.88 bits per heavy atom. The van der Waals surface area contributed by atoms with Gasteiger partial charge in [-0.15, -0.1) is 0 Å². The average Bonchev–Trinajstić information content (AvgIpc) is 2.69. The number of nitrogens with zero attached hydrogens (tertiary/aromatic N) is 1. The molecule has 0 spiro atoms. The molecule has 1 aromatic heterocycles. The molecule has 1 heterocycles. The minimum Gasteiger partial charge on any atom is -0.343 e. The number of Topliss-reactive ketones (excluding diaryl/α,β-unsaturated/α-hetero) is 1. The Bertz CT molecular complexity index is 905. The fourth-order valence-corrected chi connectivity index (χ4v) is 4.11. The molecule has 0 fully saturated rings. The molecule has 6 heteroatoms. The van der Waals surface area contributed by atoms with Gasteiger partial charge in [0, 0.05) is 35.9 Å². The summed E-state index contributed by atoms with van der Waals surface area (Å²) in [6.45, 7) is 8.55. The first-order valence-corrected chi connectivity index (χ1v) is 10.8. The van der Waals surface area contributed by atoms with Crippen LogP contribution in [0.1, 0.15) is 49.7 Å². The van der Waals surface area contributed by atoms with E-state index in [1.807, 2.05) is 44.4 Å². The summed E-state index contributed by atoms with van der Waals surface area (Å²) in [5, 5.41) is 1.42. The predicted molar refractivity (Wildman–Crippen MR) is 104 cm³/mol. The summed E-state index contributed by atoms with van der Waals surface area (Å²) < 4.78 is 24.8. The largest absolute Gasteiger partial charge is 0.343 e. The minimum absolute atomic E-state index is 0.0964. The molecule has 0 amide bonds. The molecule has 0 aliphatic carbocycles. The van der Waals surface area contributed by atoms with Crippen LogP contribution in [0.25, 0.3) is 10.9 Å². The van der Waals surface area contributed by atoms with Crippen LogP contribution < -0.4 is 0 Å². The van der Waals surface area contributed by atoms with Crippen LogP contribution in [-0.2, 0) is 16.4 Å². The average molecular weight is 384 g/mol. The number of benzene rings is 1. The zero-order valence-electron chi connectivity index (χ0n) is 15.5. The van der Waals surface area contributed by atoms with E-state index in [2.05, 4.69) is 0 Å². The molecule has 0 saturated carbocycles. The van der Waals surface area contributed by atoms with Gasteiger partial charge < -0.3 is 4.57 Å². The number of hydrogen-bond donors (Lipinski definition) is 0. The monoisotopic (exact) mass is 383 g/mol. The van der Waals surface area contributed by atoms with Gasteiger partial charge in [-0.25, -0.2) is 8.42 Å². The Kier molecular flexibility index (Phi) is 5.69. The van der Waals surface area contributed by atoms with Crippen molar-refractivity contribution in [3.63, 3.8) is 0 Å². The van der Waals surface area contributed by atoms with Gasteiger partial charge in [0.2, 0.25) is 0 Å². The van der Waals surface area contributed by atoms with Gasteiger partial charge in [0.25, 0.3) is 0 Å². The van der Waals surface area contributed by atoms with Crippen LogP contribution in [0.15, 0.2) is 18.2 Å². The van der Waals surface area contributed by atoms with Crippen molar-refractivity contribution >= 4 is 38.1 Å². The molecule has 0 bridgehead atoms. The van der Waals surface area contributed by atoms with Gasteiger partial charge in [0.05, 0.1) is 16.3 Å². The Morgan fingerprint density at radius 1 is 1.24 bits per heavy atom. The van der Waals surface area contributed by atoms with Crippen LogP contribution in [0.5, 0.6) is 0 Å². The van der Waals surface area contributed by atoms with Crippen molar-refractivity contribution in [2.45, 2.75) is 47.1 Å². The van der Waals surface area contributed by atoms with Crippen molar-refractivity contribution < 1.29 is 13.2 Å². The number of aromatic nitrogens is 1. The third kappa shape index (κ3) is 4.85. The molecule has 138 valence electrons. The summed E-state index contributed by atoms with van der Waals surface area (Å²) in [7, 11) is -3.02. The number of para-hydroxylation sites is 1. The summed E-state index contributed by atoms with van der Waals surface area (Å²) >= 11 is 6.40. The van der Waals surface area contributed by atoms with Crippen molar-refractivity contribution in [3.8, 4) is 0 Å². The molecule has 0 aliphatic heterocycles. The maximum atomic E-state index is 12.9. The van der Waals surface area contributed by atoms with Crippen LogP contribution in [0.3, 0.4) is 0 Å². The van der Waals surface area contributed by atoms with Crippen LogP contribution >= 0.6 is 11.6 Å². The summed E-state index contributed by atoms with van der Waals surface area (Å²) in [5.74, 6) is 0.209. The molecular weight excluding hydrogens is 358 g/mol. The van der Waals surface area contributed by atoms with Gasteiger partial charge in [-0.1, -0.05) is 44.5 Å². The number of halogens is 1. The number of sulfone groups is 1. The molecule has 0 unspecified atom stereocenters. The lowest BCUT2D eigenvalue weighted by Gasteiger charge is -2.17. The number of carbonyl (C=O) groups is 1. The Balaban J connectivity index is 2.51. The molecule has 25 heavy (non-hydrogen) atoms. The first-order valence-electron chi connectivity index (χ1n) is 8.39. The van der Waals surface area contributed by atoms with E-state index in [0.29, 0.717) is 30.0 Å². The molecule has 0 atom stereocenters. The Hall–Kier alpha value is -1.33. The summed E-state index contributed by atoms with van der Waals surface area (Å²) in [6.07, 6.45) is 2.17. The predicted octanol–water partition coefficient (Wildman–Crippen LogP) is 4.66. The quantitative estimate of drug-likeness (QED) is 0.682. The molecule has 1 aromatic carbocycles. The van der Waals surface area contributed by atoms with E-state index in [9.17, 15) is 13.2 Å². The molecule has 0 N–H and O–H groups in total. The number of hydrogen-bond acceptors (Lipinski definition) is 3. The SMILES string of the molecule is Cc1c(C(=O)CC(C)(C)C)c2cccc(Cl)c2n1CCCS(C)(=O)=O. The van der Waals surface area contributed by atoms with E-state index in [4.69, 9.17) is 11.6 Å². The van der Waals surface area contributed by atoms with Crippen molar-refractivity contribution in [2.75, 3.05) is 12.0 Å². The third-order valence-electron chi connectivity index (χ3n) is 4.16. The molecule has 2 rings (SSSR count). The molecule has 0 aliphatic rings. The van der Waals surface area contributed by atoms with E-state index in [0.717, 1.165) is 16.6 Å². The van der Waals surface area contributed by atoms with E-state index >= 15 is 0 Å². The van der Waals surface area contributed by atoms with Crippen molar-refractivity contribution in [2.24, 2.45) is 5.41 Å². The molecular formula is C19H26ClNO3S. The van der Waals surface area contributed by atoms with Gasteiger partial charge in [0.1, 0.15) is 9.84 Å². The highest BCUT2D eigenvalue weighted by molar-refractivity contribution is 7.90. The normalized spacial score (nSPS) is 12.7. The maximum Gasteiger partial charge on any atom is 0.165 e. The fraction of sp³-hybridized carbons (Fsp3) is 0.526. The first kappa shape index (κ1) is 20.0. The fourth-order valence-electron chi connectivity index (χ4n) is 3.18. The smallest absolute Gasteiger partial charge is 0.165 e. The molecule has 4 nitrogen and oxygen atoms in total. The van der Waals surface area contributed by atoms with Gasteiger partial charge in [-0.2, -0.15) is 0 Å². The zero-order valence-corrected chi connectivity index (χ0v) is 17.1. The summed E-state index contributed by atoms with van der Waals surface area (Å²) in [6, 6.07) is 5.56. The number of aryl methyl sites for hydroxylation is 1. The second-order valence-electron chi connectivity index (χ2n) is 7.89. The summed E-state index contributed by atoms with van der Waals surface area (Å²) in [4.78, 5) is 12.9. The van der Waals surface area contributed by atoms with Crippen LogP contribution in [0.4, 0.5) is 0 Å². The highest BCUT2D eigenvalue weighted by atomic mass is 35.5. The number of carbonyl (C=O) groups excluding carboxylic acids is 1. The lowest BCUT2D eigenvalue weighted by molar-refractivity contribution is 0.0940. The van der Waals surface area contributed by atoms with Crippen LogP contribution in [0, 0.1) is 12.3 Å². The number of ketones is 1. The van der Waals surface area contributed by atoms with E-state index < -0.39 is 9.84 Å². The number of rotatable bonds is 6. The van der Waals surface area contributed by atoms with Crippen molar-refractivity contribution in [1.82, 2.24) is 4.57 Å². The van der Waals surface area contributed by atoms with Gasteiger partial charge in [-0.05, 0) is 24.8 Å². The highest BCUT2D eigenvalue weighted by Gasteiger charge is 2.25. The van der Waals surface area contributed by atoms with Crippen molar-refractivity contribution in [3.05, 3.63) is 34.5 Å². The van der Waals surface area contributed by atoms with Gasteiger partial charge in [-0.3, -0.25) is 4.79 Å². The van der Waals surface area contributed by atoms with Gasteiger partial charge >= 0.3 is 0 Å². The topological polar surface area (TPSA) is 56.1 Å². The molecule has 0 saturated heterocycles. The second kappa shape index (κ2) is 7.12. The van der Waals surface area contributed by atoms with Gasteiger partial charge in [0.15, 0.2) is 5.78 Å². The first-order chi connectivity index (χ1) is 11.4. The standard InChI is InChI=1S/C19H26ClNO3S/c1-13-17(16(22)12-19(2,3)4)14-8-6-9-15(20)18(14)21(13)10-7-11-25(5,23)24/h6,8-9H,7,10-12H2,1-5H3. The zero-order chi connectivity index (χ0) is 19.0. The van der Waals surface area contributed by atoms with E-state index in [-0.39, 0.29) is 17.0 Å². The summed E-state index contributed by atoms with van der Waals surface area (Å²) in [5.41, 5.74) is 2.26.